The minimum absolute atomic E-state index is 0.0254. The summed E-state index contributed by atoms with van der Waals surface area (Å²) in [5, 5.41) is 3.47. The predicted octanol–water partition coefficient (Wildman–Crippen LogP) is 4.41. The van der Waals surface area contributed by atoms with Gasteiger partial charge in [-0.2, -0.15) is 0 Å². The second kappa shape index (κ2) is 7.72. The Morgan fingerprint density at radius 1 is 1.21 bits per heavy atom. The predicted molar refractivity (Wildman–Crippen MR) is 112 cm³/mol. The maximum absolute atomic E-state index is 12.6. The number of hydrogen-bond acceptors (Lipinski definition) is 4. The smallest absolute Gasteiger partial charge is 0.231 e. The first-order valence-electron chi connectivity index (χ1n) is 9.52. The van der Waals surface area contributed by atoms with Crippen LogP contribution < -0.4 is 5.32 Å². The fourth-order valence-corrected chi connectivity index (χ4v) is 4.33. The Morgan fingerprint density at radius 3 is 2.68 bits per heavy atom. The molecule has 5 nitrogen and oxygen atoms in total. The van der Waals surface area contributed by atoms with Crippen LogP contribution in [0.2, 0.25) is 0 Å². The van der Waals surface area contributed by atoms with Gasteiger partial charge in [-0.1, -0.05) is 61.6 Å². The summed E-state index contributed by atoms with van der Waals surface area (Å²) in [7, 11) is 0. The number of thiazole rings is 1. The second-order valence-electron chi connectivity index (χ2n) is 7.55. The molecule has 144 valence electrons. The molecular formula is C22H23N3O2S. The summed E-state index contributed by atoms with van der Waals surface area (Å²) in [5.41, 5.74) is 3.24. The molecule has 4 rings (SSSR count). The van der Waals surface area contributed by atoms with Gasteiger partial charge < -0.3 is 10.2 Å². The van der Waals surface area contributed by atoms with Gasteiger partial charge in [-0.3, -0.25) is 9.59 Å². The molecule has 1 unspecified atom stereocenters. The van der Waals surface area contributed by atoms with Crippen molar-refractivity contribution in [1.82, 2.24) is 9.88 Å². The van der Waals surface area contributed by atoms with Gasteiger partial charge >= 0.3 is 0 Å². The van der Waals surface area contributed by atoms with E-state index in [-0.39, 0.29) is 24.2 Å². The van der Waals surface area contributed by atoms with Crippen molar-refractivity contribution >= 4 is 38.5 Å². The molecule has 1 fully saturated rings. The Kier molecular flexibility index (Phi) is 5.13. The Balaban J connectivity index is 1.38. The van der Waals surface area contributed by atoms with Gasteiger partial charge in [0.15, 0.2) is 5.13 Å². The molecule has 28 heavy (non-hydrogen) atoms. The number of likely N-dealkylation sites (tertiary alicyclic amines) is 1. The number of carbonyl (C=O) groups excluding carboxylic acids is 2. The van der Waals surface area contributed by atoms with Crippen molar-refractivity contribution in [3.05, 3.63) is 59.7 Å². The van der Waals surface area contributed by atoms with Gasteiger partial charge in [0.1, 0.15) is 0 Å². The van der Waals surface area contributed by atoms with Gasteiger partial charge in [0, 0.05) is 19.5 Å². The van der Waals surface area contributed by atoms with Crippen molar-refractivity contribution in [2.75, 3.05) is 11.9 Å². The topological polar surface area (TPSA) is 62.3 Å². The molecule has 0 radical (unpaired) electrons. The first-order chi connectivity index (χ1) is 13.5. The van der Waals surface area contributed by atoms with Crippen LogP contribution in [0.1, 0.15) is 37.3 Å². The molecule has 0 spiro atoms. The van der Waals surface area contributed by atoms with Crippen LogP contribution in [0.4, 0.5) is 5.13 Å². The number of carbonyl (C=O) groups is 2. The van der Waals surface area contributed by atoms with E-state index in [2.05, 4.69) is 48.4 Å². The highest BCUT2D eigenvalue weighted by molar-refractivity contribution is 7.22. The van der Waals surface area contributed by atoms with Crippen LogP contribution in [0, 0.1) is 5.92 Å². The number of rotatable bonds is 5. The number of benzene rings is 2. The summed E-state index contributed by atoms with van der Waals surface area (Å²) in [6.07, 6.45) is 0.251. The van der Waals surface area contributed by atoms with E-state index in [4.69, 9.17) is 0 Å². The number of amides is 2. The third-order valence-electron chi connectivity index (χ3n) is 5.13. The van der Waals surface area contributed by atoms with Crippen LogP contribution in [0.25, 0.3) is 10.2 Å². The molecule has 2 amide bonds. The van der Waals surface area contributed by atoms with E-state index in [1.807, 2.05) is 24.3 Å². The zero-order chi connectivity index (χ0) is 19.7. The van der Waals surface area contributed by atoms with E-state index >= 15 is 0 Å². The van der Waals surface area contributed by atoms with Gasteiger partial charge in [-0.15, -0.1) is 0 Å². The van der Waals surface area contributed by atoms with Crippen LogP contribution in [0.15, 0.2) is 48.5 Å². The van der Waals surface area contributed by atoms with Crippen LogP contribution >= 0.6 is 11.3 Å². The third kappa shape index (κ3) is 3.92. The summed E-state index contributed by atoms with van der Waals surface area (Å²) < 4.78 is 1.03. The normalized spacial score (nSPS) is 16.9. The number of aromatic nitrogens is 1. The molecule has 1 aliphatic rings. The molecule has 0 saturated carbocycles. The molecule has 1 saturated heterocycles. The molecule has 1 aromatic heterocycles. The molecule has 1 aliphatic heterocycles. The molecule has 6 heteroatoms. The first kappa shape index (κ1) is 18.6. The van der Waals surface area contributed by atoms with E-state index < -0.39 is 0 Å². The Bertz CT molecular complexity index is 977. The van der Waals surface area contributed by atoms with Crippen LogP contribution in [0.5, 0.6) is 0 Å². The summed E-state index contributed by atoms with van der Waals surface area (Å²) in [4.78, 5) is 31.2. The van der Waals surface area contributed by atoms with E-state index in [0.717, 1.165) is 15.8 Å². The molecule has 0 bridgehead atoms. The van der Waals surface area contributed by atoms with Crippen LogP contribution in [-0.4, -0.2) is 28.2 Å². The maximum Gasteiger partial charge on any atom is 0.231 e. The van der Waals surface area contributed by atoms with E-state index in [1.54, 1.807) is 4.90 Å². The summed E-state index contributed by atoms with van der Waals surface area (Å²) in [6, 6.07) is 16.1. The average molecular weight is 394 g/mol. The highest BCUT2D eigenvalue weighted by Gasteiger charge is 2.34. The lowest BCUT2D eigenvalue weighted by Crippen LogP contribution is -2.28. The Morgan fingerprint density at radius 2 is 1.96 bits per heavy atom. The SMILES string of the molecule is CC(C)c1ccc(CN2CC(C(=O)Nc3nc4ccccc4s3)CC2=O)cc1. The lowest BCUT2D eigenvalue weighted by Gasteiger charge is -2.17. The number of nitrogens with zero attached hydrogens (tertiary/aromatic N) is 2. The number of para-hydroxylation sites is 1. The number of fused-ring (bicyclic) bond motifs is 1. The lowest BCUT2D eigenvalue weighted by molar-refractivity contribution is -0.128. The zero-order valence-electron chi connectivity index (χ0n) is 16.0. The largest absolute Gasteiger partial charge is 0.338 e. The van der Waals surface area contributed by atoms with Crippen LogP contribution in [-0.2, 0) is 16.1 Å². The van der Waals surface area contributed by atoms with Crippen molar-refractivity contribution < 1.29 is 9.59 Å². The summed E-state index contributed by atoms with van der Waals surface area (Å²) in [5.74, 6) is 0.0370. The Labute approximate surface area is 168 Å². The lowest BCUT2D eigenvalue weighted by atomic mass is 10.0. The van der Waals surface area contributed by atoms with Crippen molar-refractivity contribution in [3.63, 3.8) is 0 Å². The number of nitrogens with one attached hydrogen (secondary N) is 1. The summed E-state index contributed by atoms with van der Waals surface area (Å²) in [6.45, 7) is 5.31. The highest BCUT2D eigenvalue weighted by atomic mass is 32.1. The van der Waals surface area contributed by atoms with E-state index in [1.165, 1.54) is 16.9 Å². The summed E-state index contributed by atoms with van der Waals surface area (Å²) >= 11 is 1.45. The second-order valence-corrected chi connectivity index (χ2v) is 8.58. The van der Waals surface area contributed by atoms with Crippen molar-refractivity contribution in [1.29, 1.82) is 0 Å². The standard InChI is InChI=1S/C22H23N3O2S/c1-14(2)16-9-7-15(8-10-16)12-25-13-17(11-20(25)26)21(27)24-22-23-18-5-3-4-6-19(18)28-22/h3-10,14,17H,11-13H2,1-2H3,(H,23,24,27). The highest BCUT2D eigenvalue weighted by Crippen LogP contribution is 2.27. The molecular weight excluding hydrogens is 370 g/mol. The van der Waals surface area contributed by atoms with Crippen molar-refractivity contribution in [2.45, 2.75) is 32.7 Å². The molecule has 2 aromatic carbocycles. The number of anilines is 1. The van der Waals surface area contributed by atoms with Gasteiger partial charge in [-0.05, 0) is 29.2 Å². The Hall–Kier alpha value is -2.73. The molecule has 1 N–H and O–H groups in total. The van der Waals surface area contributed by atoms with Gasteiger partial charge in [0.05, 0.1) is 16.1 Å². The number of hydrogen-bond donors (Lipinski definition) is 1. The fraction of sp³-hybridized carbons (Fsp3) is 0.318. The molecule has 1 atom stereocenters. The van der Waals surface area contributed by atoms with Crippen LogP contribution in [0.3, 0.4) is 0 Å². The van der Waals surface area contributed by atoms with Crippen molar-refractivity contribution in [3.8, 4) is 0 Å². The molecule has 2 heterocycles. The molecule has 3 aromatic rings. The van der Waals surface area contributed by atoms with Crippen molar-refractivity contribution in [2.24, 2.45) is 5.92 Å². The monoisotopic (exact) mass is 393 g/mol. The minimum atomic E-state index is -0.338. The van der Waals surface area contributed by atoms with Gasteiger partial charge in [0.2, 0.25) is 11.8 Å². The minimum Gasteiger partial charge on any atom is -0.338 e. The first-order valence-corrected chi connectivity index (χ1v) is 10.3. The quantitative estimate of drug-likeness (QED) is 0.698. The maximum atomic E-state index is 12.6. The zero-order valence-corrected chi connectivity index (χ0v) is 16.8. The average Bonchev–Trinajstić information content (AvgIpc) is 3.25. The molecule has 0 aliphatic carbocycles. The third-order valence-corrected chi connectivity index (χ3v) is 6.08. The van der Waals surface area contributed by atoms with Gasteiger partial charge in [0.25, 0.3) is 0 Å². The van der Waals surface area contributed by atoms with E-state index in [9.17, 15) is 9.59 Å². The fourth-order valence-electron chi connectivity index (χ4n) is 3.46. The van der Waals surface area contributed by atoms with Gasteiger partial charge in [-0.25, -0.2) is 4.98 Å². The van der Waals surface area contributed by atoms with E-state index in [0.29, 0.717) is 24.1 Å².